The smallest absolute Gasteiger partial charge is 0.182 e. The van der Waals surface area contributed by atoms with Crippen molar-refractivity contribution >= 4 is 6.21 Å². The zero-order valence-electron chi connectivity index (χ0n) is 13.2. The third kappa shape index (κ3) is 6.09. The Bertz CT molecular complexity index is 416. The van der Waals surface area contributed by atoms with Crippen molar-refractivity contribution in [2.24, 2.45) is 0 Å². The molecule has 112 valence electrons. The Kier molecular flexibility index (Phi) is 6.56. The Hall–Kier alpha value is -1.51. The maximum absolute atomic E-state index is 11.8. The number of hydroxylamine groups is 1. The first-order valence-electron chi connectivity index (χ1n) is 7.47. The van der Waals surface area contributed by atoms with Crippen LogP contribution in [0, 0.1) is 5.21 Å². The summed E-state index contributed by atoms with van der Waals surface area (Å²) in [5.74, 6) is 0.867. The van der Waals surface area contributed by atoms with E-state index in [9.17, 15) is 5.21 Å². The second kappa shape index (κ2) is 7.93. The molecule has 0 atom stereocenters. The molecule has 0 N–H and O–H groups in total. The van der Waals surface area contributed by atoms with Crippen LogP contribution in [0.25, 0.3) is 0 Å². The minimum absolute atomic E-state index is 0.408. The Morgan fingerprint density at radius 2 is 1.75 bits per heavy atom. The van der Waals surface area contributed by atoms with Crippen molar-refractivity contribution in [2.75, 3.05) is 6.61 Å². The van der Waals surface area contributed by atoms with E-state index in [0.717, 1.165) is 29.1 Å². The molecule has 0 radical (unpaired) electrons. The van der Waals surface area contributed by atoms with Crippen molar-refractivity contribution in [1.29, 1.82) is 0 Å². The quantitative estimate of drug-likeness (QED) is 0.244. The lowest BCUT2D eigenvalue weighted by atomic mass is 10.1. The lowest BCUT2D eigenvalue weighted by Gasteiger charge is -2.18. The number of hydrogen-bond acceptors (Lipinski definition) is 2. The van der Waals surface area contributed by atoms with Crippen LogP contribution in [-0.4, -0.2) is 23.1 Å². The van der Waals surface area contributed by atoms with E-state index in [4.69, 9.17) is 4.74 Å². The highest BCUT2D eigenvalue weighted by Gasteiger charge is 2.17. The second-order valence-electron chi connectivity index (χ2n) is 6.10. The molecule has 0 aromatic heterocycles. The molecule has 0 saturated heterocycles. The van der Waals surface area contributed by atoms with Gasteiger partial charge in [0.05, 0.1) is 6.61 Å². The number of hydrogen-bond donors (Lipinski definition) is 0. The highest BCUT2D eigenvalue weighted by Crippen LogP contribution is 2.13. The average molecular weight is 277 g/mol. The number of rotatable bonds is 7. The van der Waals surface area contributed by atoms with E-state index in [-0.39, 0.29) is 0 Å². The van der Waals surface area contributed by atoms with E-state index in [1.54, 1.807) is 6.21 Å². The summed E-state index contributed by atoms with van der Waals surface area (Å²) in [5, 5.41) is 11.8. The molecule has 0 fully saturated rings. The summed E-state index contributed by atoms with van der Waals surface area (Å²) in [6.45, 7) is 8.64. The van der Waals surface area contributed by atoms with Crippen LogP contribution in [0.4, 0.5) is 0 Å². The predicted molar refractivity (Wildman–Crippen MR) is 84.6 cm³/mol. The molecule has 3 nitrogen and oxygen atoms in total. The Morgan fingerprint density at radius 3 is 2.30 bits per heavy atom. The van der Waals surface area contributed by atoms with E-state index in [0.29, 0.717) is 0 Å². The molecular weight excluding hydrogens is 250 g/mol. The molecular formula is C17H27NO2. The zero-order valence-corrected chi connectivity index (χ0v) is 13.2. The van der Waals surface area contributed by atoms with E-state index >= 15 is 0 Å². The van der Waals surface area contributed by atoms with Gasteiger partial charge in [0.2, 0.25) is 0 Å². The van der Waals surface area contributed by atoms with Crippen LogP contribution in [0.15, 0.2) is 24.3 Å². The van der Waals surface area contributed by atoms with E-state index in [2.05, 4.69) is 6.92 Å². The molecule has 0 aliphatic rings. The van der Waals surface area contributed by atoms with Gasteiger partial charge in [-0.2, -0.15) is 0 Å². The molecule has 1 aromatic rings. The van der Waals surface area contributed by atoms with Crippen molar-refractivity contribution in [3.63, 3.8) is 0 Å². The third-order valence-corrected chi connectivity index (χ3v) is 3.07. The van der Waals surface area contributed by atoms with Gasteiger partial charge in [-0.3, -0.25) is 0 Å². The summed E-state index contributed by atoms with van der Waals surface area (Å²) < 4.78 is 6.65. The van der Waals surface area contributed by atoms with E-state index < -0.39 is 5.54 Å². The number of nitrogens with zero attached hydrogens (tertiary/aromatic N) is 1. The Morgan fingerprint density at radius 1 is 1.10 bits per heavy atom. The fourth-order valence-corrected chi connectivity index (χ4v) is 1.70. The molecule has 0 aliphatic carbocycles. The molecule has 1 rings (SSSR count). The number of unbranched alkanes of at least 4 members (excludes halogenated alkanes) is 3. The minimum Gasteiger partial charge on any atom is -0.623 e. The van der Waals surface area contributed by atoms with Crippen molar-refractivity contribution < 1.29 is 9.48 Å². The molecule has 0 heterocycles. The van der Waals surface area contributed by atoms with Gasteiger partial charge in [-0.1, -0.05) is 26.2 Å². The van der Waals surface area contributed by atoms with E-state index in [1.807, 2.05) is 45.0 Å². The summed E-state index contributed by atoms with van der Waals surface area (Å²) >= 11 is 0. The first-order valence-corrected chi connectivity index (χ1v) is 7.47. The van der Waals surface area contributed by atoms with Crippen LogP contribution in [0.5, 0.6) is 5.75 Å². The second-order valence-corrected chi connectivity index (χ2v) is 6.10. The molecule has 3 heteroatoms. The lowest BCUT2D eigenvalue weighted by molar-refractivity contribution is -0.530. The van der Waals surface area contributed by atoms with Crippen LogP contribution >= 0.6 is 0 Å². The SMILES string of the molecule is CCCCCCOc1ccc(C=[N+]([O-])C(C)(C)C)cc1. The fraction of sp³-hybridized carbons (Fsp3) is 0.588. The largest absolute Gasteiger partial charge is 0.623 e. The maximum atomic E-state index is 11.8. The molecule has 20 heavy (non-hydrogen) atoms. The summed E-state index contributed by atoms with van der Waals surface area (Å²) in [6, 6.07) is 7.67. The van der Waals surface area contributed by atoms with Gasteiger partial charge in [-0.05, 0) is 30.7 Å². The molecule has 0 aliphatic heterocycles. The maximum Gasteiger partial charge on any atom is 0.182 e. The van der Waals surface area contributed by atoms with Crippen LogP contribution in [0.3, 0.4) is 0 Å². The molecule has 0 spiro atoms. The normalized spacial score (nSPS) is 12.5. The Labute approximate surface area is 122 Å². The van der Waals surface area contributed by atoms with Gasteiger partial charge in [-0.25, -0.2) is 4.74 Å². The van der Waals surface area contributed by atoms with Crippen molar-refractivity contribution in [1.82, 2.24) is 0 Å². The lowest BCUT2D eigenvalue weighted by Crippen LogP contribution is -2.29. The topological polar surface area (TPSA) is 35.3 Å². The number of ether oxygens (including phenoxy) is 1. The molecule has 0 saturated carbocycles. The third-order valence-electron chi connectivity index (χ3n) is 3.07. The van der Waals surface area contributed by atoms with Gasteiger partial charge in [0.1, 0.15) is 5.75 Å². The van der Waals surface area contributed by atoms with Crippen molar-refractivity contribution in [3.05, 3.63) is 35.0 Å². The van der Waals surface area contributed by atoms with Gasteiger partial charge in [0.25, 0.3) is 0 Å². The summed E-state index contributed by atoms with van der Waals surface area (Å²) in [5.41, 5.74) is 0.488. The standard InChI is InChI=1S/C17H27NO2/c1-5-6-7-8-13-20-16-11-9-15(10-12-16)14-18(19)17(2,3)4/h9-12,14H,5-8,13H2,1-4H3. The monoisotopic (exact) mass is 277 g/mol. The van der Waals surface area contributed by atoms with Crippen LogP contribution < -0.4 is 4.74 Å². The van der Waals surface area contributed by atoms with Crippen molar-refractivity contribution in [2.45, 2.75) is 58.9 Å². The molecule has 1 aromatic carbocycles. The predicted octanol–water partition coefficient (Wildman–Crippen LogP) is 4.37. The van der Waals surface area contributed by atoms with Crippen LogP contribution in [0.1, 0.15) is 58.9 Å². The van der Waals surface area contributed by atoms with Gasteiger partial charge < -0.3 is 9.94 Å². The molecule has 0 amide bonds. The highest BCUT2D eigenvalue weighted by molar-refractivity contribution is 5.76. The zero-order chi connectivity index (χ0) is 15.0. The fourth-order valence-electron chi connectivity index (χ4n) is 1.70. The summed E-state index contributed by atoms with van der Waals surface area (Å²) in [7, 11) is 0. The summed E-state index contributed by atoms with van der Waals surface area (Å²) in [6.07, 6.45) is 6.44. The van der Waals surface area contributed by atoms with E-state index in [1.165, 1.54) is 19.3 Å². The number of benzene rings is 1. The highest BCUT2D eigenvalue weighted by atomic mass is 16.5. The van der Waals surface area contributed by atoms with Crippen molar-refractivity contribution in [3.8, 4) is 5.75 Å². The molecule has 0 unspecified atom stereocenters. The first-order chi connectivity index (χ1) is 9.43. The van der Waals surface area contributed by atoms with Gasteiger partial charge >= 0.3 is 0 Å². The summed E-state index contributed by atoms with van der Waals surface area (Å²) in [4.78, 5) is 0. The first kappa shape index (κ1) is 16.5. The van der Waals surface area contributed by atoms with Crippen LogP contribution in [-0.2, 0) is 0 Å². The molecule has 0 bridgehead atoms. The van der Waals surface area contributed by atoms with Gasteiger partial charge in [0.15, 0.2) is 11.8 Å². The average Bonchev–Trinajstić information content (AvgIpc) is 2.39. The van der Waals surface area contributed by atoms with Crippen LogP contribution in [0.2, 0.25) is 0 Å². The minimum atomic E-state index is -0.408. The van der Waals surface area contributed by atoms with Gasteiger partial charge in [-0.15, -0.1) is 0 Å². The Balaban J connectivity index is 2.48. The van der Waals surface area contributed by atoms with Gasteiger partial charge in [0, 0.05) is 26.3 Å².